The van der Waals surface area contributed by atoms with Crippen molar-refractivity contribution in [2.45, 2.75) is 25.2 Å². The molecule has 0 unspecified atom stereocenters. The molecule has 0 nitrogen and oxygen atoms in total. The Hall–Kier alpha value is -0.133. The molecule has 0 aliphatic carbocycles. The van der Waals surface area contributed by atoms with E-state index < -0.39 is 8.07 Å². The minimum atomic E-state index is -0.749. The summed E-state index contributed by atoms with van der Waals surface area (Å²) in [5.74, 6) is 0. The average Bonchev–Trinajstić information content (AvgIpc) is 2.19. The van der Waals surface area contributed by atoms with Crippen LogP contribution in [0.1, 0.15) is 0 Å². The summed E-state index contributed by atoms with van der Waals surface area (Å²) in [5.41, 5.74) is 0. The first kappa shape index (κ1) is 10.4. The maximum absolute atomic E-state index is 2.55. The molecule has 1 fully saturated rings. The van der Waals surface area contributed by atoms with Crippen LogP contribution in [0.3, 0.4) is 0 Å². The van der Waals surface area contributed by atoms with E-state index in [1.54, 1.807) is 17.4 Å². The molecule has 1 aliphatic rings. The third kappa shape index (κ3) is 2.46. The van der Waals surface area contributed by atoms with Gasteiger partial charge in [0, 0.05) is 8.07 Å². The van der Waals surface area contributed by atoms with Crippen molar-refractivity contribution in [3.8, 4) is 0 Å². The lowest BCUT2D eigenvalue weighted by Gasteiger charge is -2.33. The summed E-state index contributed by atoms with van der Waals surface area (Å²) in [7, 11) is -0.540. The van der Waals surface area contributed by atoms with Crippen LogP contribution in [-0.2, 0) is 0 Å². The number of benzene rings is 1. The molecule has 1 saturated heterocycles. The van der Waals surface area contributed by atoms with Gasteiger partial charge in [-0.3, -0.25) is 0 Å². The van der Waals surface area contributed by atoms with Crippen molar-refractivity contribution in [3.05, 3.63) is 30.3 Å². The normalized spacial score (nSPS) is 22.1. The highest BCUT2D eigenvalue weighted by Gasteiger charge is 2.28. The van der Waals surface area contributed by atoms with E-state index in [1.165, 1.54) is 12.3 Å². The van der Waals surface area contributed by atoms with E-state index in [0.29, 0.717) is 0 Å². The fourth-order valence-corrected chi connectivity index (χ4v) is 10.6. The molecular weight excluding hydrogens is 203 g/mol. The van der Waals surface area contributed by atoms with E-state index in [4.69, 9.17) is 0 Å². The van der Waals surface area contributed by atoms with Crippen molar-refractivity contribution >= 4 is 21.3 Å². The Balaban J connectivity index is 2.03. The van der Waals surface area contributed by atoms with E-state index in [1.807, 2.05) is 0 Å². The first-order valence-electron chi connectivity index (χ1n) is 5.47. The van der Waals surface area contributed by atoms with Gasteiger partial charge < -0.3 is 0 Å². The van der Waals surface area contributed by atoms with Gasteiger partial charge in [0.1, 0.15) is 0 Å². The Morgan fingerprint density at radius 3 is 2.14 bits per heavy atom. The van der Waals surface area contributed by atoms with E-state index in [9.17, 15) is 0 Å². The molecule has 1 aromatic rings. The molecule has 2 heteroatoms. The Morgan fingerprint density at radius 1 is 1.00 bits per heavy atom. The van der Waals surface area contributed by atoms with Crippen LogP contribution < -0.4 is 5.30 Å². The van der Waals surface area contributed by atoms with Crippen LogP contribution in [0.2, 0.25) is 25.2 Å². The Kier molecular flexibility index (Phi) is 3.09. The number of hydrogen-bond acceptors (Lipinski definition) is 0. The van der Waals surface area contributed by atoms with Crippen molar-refractivity contribution in [1.82, 2.24) is 0 Å². The second-order valence-electron chi connectivity index (χ2n) is 4.99. The maximum Gasteiger partial charge on any atom is 0.0480 e. The van der Waals surface area contributed by atoms with Gasteiger partial charge in [-0.1, -0.05) is 63.4 Å². The zero-order valence-corrected chi connectivity index (χ0v) is 11.1. The minimum Gasteiger partial charge on any atom is -0.0759 e. The highest BCUT2D eigenvalue weighted by Crippen LogP contribution is 2.44. The quantitative estimate of drug-likeness (QED) is 0.504. The van der Waals surface area contributed by atoms with Gasteiger partial charge in [0.15, 0.2) is 0 Å². The summed E-state index contributed by atoms with van der Waals surface area (Å²) < 4.78 is 0. The van der Waals surface area contributed by atoms with Crippen molar-refractivity contribution in [2.75, 3.05) is 12.3 Å². The van der Waals surface area contributed by atoms with Gasteiger partial charge in [0.2, 0.25) is 0 Å². The molecule has 14 heavy (non-hydrogen) atoms. The zero-order chi connectivity index (χ0) is 10.0. The average molecular weight is 222 g/mol. The fourth-order valence-electron chi connectivity index (χ4n) is 2.01. The Morgan fingerprint density at radius 2 is 1.57 bits per heavy atom. The summed E-state index contributed by atoms with van der Waals surface area (Å²) >= 11 is 0. The highest BCUT2D eigenvalue weighted by atomic mass is 31.1. The lowest BCUT2D eigenvalue weighted by Crippen LogP contribution is -2.32. The van der Waals surface area contributed by atoms with E-state index in [0.717, 1.165) is 0 Å². The van der Waals surface area contributed by atoms with Crippen molar-refractivity contribution in [3.63, 3.8) is 0 Å². The Bertz CT molecular complexity index is 284. The minimum absolute atomic E-state index is 0.209. The predicted octanol–water partition coefficient (Wildman–Crippen LogP) is 3.52. The van der Waals surface area contributed by atoms with Gasteiger partial charge in [-0.2, -0.15) is 0 Å². The summed E-state index contributed by atoms with van der Waals surface area (Å²) in [5, 5.41) is 1.63. The van der Waals surface area contributed by atoms with Gasteiger partial charge in [0.25, 0.3) is 0 Å². The molecule has 0 saturated carbocycles. The topological polar surface area (TPSA) is 0 Å². The SMILES string of the molecule is C[Si]1(C)CCP(c2ccccc2)CC1. The molecule has 0 N–H and O–H groups in total. The van der Waals surface area contributed by atoms with Gasteiger partial charge in [-0.15, -0.1) is 0 Å². The molecular formula is C12H19PSi. The summed E-state index contributed by atoms with van der Waals surface area (Å²) in [6, 6.07) is 14.3. The van der Waals surface area contributed by atoms with E-state index >= 15 is 0 Å². The van der Waals surface area contributed by atoms with Crippen LogP contribution in [-0.4, -0.2) is 20.4 Å². The molecule has 1 aromatic carbocycles. The Labute approximate surface area is 89.5 Å². The molecule has 2 rings (SSSR count). The lowest BCUT2D eigenvalue weighted by molar-refractivity contribution is 1.21. The van der Waals surface area contributed by atoms with Gasteiger partial charge in [-0.05, 0) is 17.6 Å². The molecule has 1 heterocycles. The van der Waals surface area contributed by atoms with Crippen molar-refractivity contribution < 1.29 is 0 Å². The van der Waals surface area contributed by atoms with Crippen LogP contribution in [0, 0.1) is 0 Å². The van der Waals surface area contributed by atoms with Crippen molar-refractivity contribution in [1.29, 1.82) is 0 Å². The fraction of sp³-hybridized carbons (Fsp3) is 0.500. The molecule has 76 valence electrons. The van der Waals surface area contributed by atoms with Crippen LogP contribution in [0.25, 0.3) is 0 Å². The summed E-state index contributed by atoms with van der Waals surface area (Å²) in [6.45, 7) is 5.09. The zero-order valence-electron chi connectivity index (χ0n) is 9.16. The first-order valence-corrected chi connectivity index (χ1v) is 10.6. The van der Waals surface area contributed by atoms with Gasteiger partial charge >= 0.3 is 0 Å². The molecule has 0 aromatic heterocycles. The van der Waals surface area contributed by atoms with Gasteiger partial charge in [0.05, 0.1) is 0 Å². The lowest BCUT2D eigenvalue weighted by atomic mass is 10.4. The maximum atomic E-state index is 2.55. The summed E-state index contributed by atoms with van der Waals surface area (Å²) in [6.07, 6.45) is 3.00. The molecule has 0 spiro atoms. The third-order valence-corrected chi connectivity index (χ3v) is 9.84. The third-order valence-electron chi connectivity index (χ3n) is 3.24. The number of hydrogen-bond donors (Lipinski definition) is 0. The largest absolute Gasteiger partial charge is 0.0759 e. The second kappa shape index (κ2) is 4.16. The van der Waals surface area contributed by atoms with Crippen LogP contribution in [0.5, 0.6) is 0 Å². The van der Waals surface area contributed by atoms with Crippen LogP contribution >= 0.6 is 7.92 Å². The van der Waals surface area contributed by atoms with E-state index in [-0.39, 0.29) is 7.92 Å². The number of rotatable bonds is 1. The molecule has 0 amide bonds. The second-order valence-corrected chi connectivity index (χ2v) is 12.8. The summed E-state index contributed by atoms with van der Waals surface area (Å²) in [4.78, 5) is 0. The molecule has 1 aliphatic heterocycles. The van der Waals surface area contributed by atoms with Gasteiger partial charge in [-0.25, -0.2) is 0 Å². The monoisotopic (exact) mass is 222 g/mol. The van der Waals surface area contributed by atoms with Crippen molar-refractivity contribution in [2.24, 2.45) is 0 Å². The highest BCUT2D eigenvalue weighted by molar-refractivity contribution is 7.66. The molecule has 0 radical (unpaired) electrons. The van der Waals surface area contributed by atoms with Crippen LogP contribution in [0.4, 0.5) is 0 Å². The predicted molar refractivity (Wildman–Crippen MR) is 69.8 cm³/mol. The molecule has 0 bridgehead atoms. The smallest absolute Gasteiger partial charge is 0.0480 e. The molecule has 0 atom stereocenters. The standard InChI is InChI=1S/C12H19PSi/c1-14(2)10-8-13(9-11-14)12-6-4-3-5-7-12/h3-7H,8-11H2,1-2H3. The van der Waals surface area contributed by atoms with Crippen LogP contribution in [0.15, 0.2) is 30.3 Å². The first-order chi connectivity index (χ1) is 6.67. The van der Waals surface area contributed by atoms with E-state index in [2.05, 4.69) is 43.4 Å².